The fourth-order valence-electron chi connectivity index (χ4n) is 2.50. The topological polar surface area (TPSA) is 70.3 Å². The fourth-order valence-corrected chi connectivity index (χ4v) is 3.07. The number of rotatable bonds is 3. The van der Waals surface area contributed by atoms with E-state index in [4.69, 9.17) is 5.84 Å². The highest BCUT2D eigenvalue weighted by atomic mass is 79.9. The van der Waals surface area contributed by atoms with Gasteiger partial charge < -0.3 is 15.2 Å². The molecule has 3 N–H and O–H groups in total. The van der Waals surface area contributed by atoms with Gasteiger partial charge in [0.25, 0.3) is 0 Å². The second-order valence-electron chi connectivity index (χ2n) is 4.81. The van der Waals surface area contributed by atoms with Gasteiger partial charge in [0.05, 0.1) is 0 Å². The van der Waals surface area contributed by atoms with Crippen molar-refractivity contribution in [2.24, 2.45) is 5.84 Å². The van der Waals surface area contributed by atoms with Gasteiger partial charge in [0.2, 0.25) is 0 Å². The highest BCUT2D eigenvalue weighted by molar-refractivity contribution is 9.10. The lowest BCUT2D eigenvalue weighted by atomic mass is 10.2. The van der Waals surface area contributed by atoms with Gasteiger partial charge >= 0.3 is 0 Å². The molecule has 0 unspecified atom stereocenters. The molecule has 2 heterocycles. The van der Waals surface area contributed by atoms with Crippen molar-refractivity contribution < 1.29 is 0 Å². The number of hydrogen-bond donors (Lipinski definition) is 2. The summed E-state index contributed by atoms with van der Waals surface area (Å²) in [5, 5.41) is 0. The Labute approximate surface area is 132 Å². The summed E-state index contributed by atoms with van der Waals surface area (Å²) in [7, 11) is 0. The standard InChI is InChI=1S/C14H17BrN6/c15-12-13(19-16)17-10-18-14(12)21-8-6-20(7-9-21)11-4-2-1-3-5-11/h1-5,10H,6-9,16H2,(H,17,18,19). The quantitative estimate of drug-likeness (QED) is 0.651. The predicted octanol–water partition coefficient (Wildman–Crippen LogP) is 1.85. The molecule has 6 nitrogen and oxygen atoms in total. The number of para-hydroxylation sites is 1. The lowest BCUT2D eigenvalue weighted by Crippen LogP contribution is -2.47. The number of nitrogens with two attached hydrogens (primary N) is 1. The van der Waals surface area contributed by atoms with Crippen LogP contribution in [0.4, 0.5) is 17.3 Å². The Balaban J connectivity index is 1.72. The first-order valence-corrected chi connectivity index (χ1v) is 7.61. The molecule has 1 fully saturated rings. The summed E-state index contributed by atoms with van der Waals surface area (Å²) < 4.78 is 0.806. The van der Waals surface area contributed by atoms with Crippen LogP contribution in [-0.4, -0.2) is 36.1 Å². The highest BCUT2D eigenvalue weighted by Gasteiger charge is 2.21. The van der Waals surface area contributed by atoms with Gasteiger partial charge in [0, 0.05) is 31.9 Å². The van der Waals surface area contributed by atoms with Crippen LogP contribution in [0.3, 0.4) is 0 Å². The largest absolute Gasteiger partial charge is 0.368 e. The van der Waals surface area contributed by atoms with Crippen molar-refractivity contribution in [2.45, 2.75) is 0 Å². The maximum Gasteiger partial charge on any atom is 0.159 e. The molecular formula is C14H17BrN6. The van der Waals surface area contributed by atoms with Crippen molar-refractivity contribution in [3.05, 3.63) is 41.1 Å². The zero-order chi connectivity index (χ0) is 14.7. The maximum absolute atomic E-state index is 5.45. The molecule has 0 saturated carbocycles. The van der Waals surface area contributed by atoms with Gasteiger partial charge in [-0.3, -0.25) is 0 Å². The van der Waals surface area contributed by atoms with Gasteiger partial charge in [0.15, 0.2) is 5.82 Å². The first kappa shape index (κ1) is 14.1. The monoisotopic (exact) mass is 348 g/mol. The summed E-state index contributed by atoms with van der Waals surface area (Å²) in [4.78, 5) is 13.1. The van der Waals surface area contributed by atoms with E-state index in [-0.39, 0.29) is 0 Å². The molecule has 2 aromatic rings. The summed E-state index contributed by atoms with van der Waals surface area (Å²) >= 11 is 3.51. The molecule has 1 aromatic carbocycles. The van der Waals surface area contributed by atoms with E-state index in [1.807, 2.05) is 6.07 Å². The Bertz CT molecular complexity index is 598. The van der Waals surface area contributed by atoms with Crippen LogP contribution in [0, 0.1) is 0 Å². The number of nitrogens with one attached hydrogen (secondary N) is 1. The lowest BCUT2D eigenvalue weighted by molar-refractivity contribution is 0.646. The van der Waals surface area contributed by atoms with E-state index in [0.717, 1.165) is 36.5 Å². The van der Waals surface area contributed by atoms with E-state index in [1.165, 1.54) is 12.0 Å². The van der Waals surface area contributed by atoms with E-state index >= 15 is 0 Å². The molecule has 0 aliphatic carbocycles. The highest BCUT2D eigenvalue weighted by Crippen LogP contribution is 2.29. The fraction of sp³-hybridized carbons (Fsp3) is 0.286. The molecule has 110 valence electrons. The van der Waals surface area contributed by atoms with Gasteiger partial charge in [-0.15, -0.1) is 0 Å². The van der Waals surface area contributed by atoms with Crippen LogP contribution in [0.2, 0.25) is 0 Å². The Kier molecular flexibility index (Phi) is 4.21. The Morgan fingerprint density at radius 2 is 1.67 bits per heavy atom. The average Bonchev–Trinajstić information content (AvgIpc) is 2.56. The van der Waals surface area contributed by atoms with Gasteiger partial charge in [-0.1, -0.05) is 18.2 Å². The SMILES string of the molecule is NNc1ncnc(N2CCN(c3ccccc3)CC2)c1Br. The zero-order valence-electron chi connectivity index (χ0n) is 11.5. The summed E-state index contributed by atoms with van der Waals surface area (Å²) in [5.41, 5.74) is 3.84. The molecule has 1 saturated heterocycles. The van der Waals surface area contributed by atoms with Crippen LogP contribution in [0.15, 0.2) is 41.1 Å². The average molecular weight is 349 g/mol. The third-order valence-electron chi connectivity index (χ3n) is 3.61. The molecule has 1 aliphatic rings. The van der Waals surface area contributed by atoms with E-state index in [0.29, 0.717) is 5.82 Å². The molecule has 0 radical (unpaired) electrons. The van der Waals surface area contributed by atoms with Crippen molar-refractivity contribution in [1.82, 2.24) is 9.97 Å². The molecule has 1 aliphatic heterocycles. The first-order chi connectivity index (χ1) is 10.3. The van der Waals surface area contributed by atoms with Crippen molar-refractivity contribution >= 4 is 33.3 Å². The zero-order valence-corrected chi connectivity index (χ0v) is 13.1. The third-order valence-corrected chi connectivity index (χ3v) is 4.34. The number of anilines is 3. The molecule has 3 rings (SSSR count). The normalized spacial score (nSPS) is 15.1. The van der Waals surface area contributed by atoms with Crippen molar-refractivity contribution in [2.75, 3.05) is 41.4 Å². The van der Waals surface area contributed by atoms with Gasteiger partial charge in [-0.05, 0) is 28.1 Å². The molecular weight excluding hydrogens is 332 g/mol. The molecule has 0 amide bonds. The second-order valence-corrected chi connectivity index (χ2v) is 5.61. The van der Waals surface area contributed by atoms with E-state index in [2.05, 4.69) is 65.4 Å². The number of halogens is 1. The van der Waals surface area contributed by atoms with E-state index in [9.17, 15) is 0 Å². The molecule has 7 heteroatoms. The summed E-state index contributed by atoms with van der Waals surface area (Å²) in [5.74, 6) is 6.93. The molecule has 1 aromatic heterocycles. The van der Waals surface area contributed by atoms with Gasteiger partial charge in [-0.25, -0.2) is 15.8 Å². The van der Waals surface area contributed by atoms with Crippen molar-refractivity contribution in [3.63, 3.8) is 0 Å². The summed E-state index contributed by atoms with van der Waals surface area (Å²) in [6, 6.07) is 10.5. The number of aromatic nitrogens is 2. The first-order valence-electron chi connectivity index (χ1n) is 6.81. The number of hydrazine groups is 1. The minimum Gasteiger partial charge on any atom is -0.368 e. The molecule has 0 spiro atoms. The van der Waals surface area contributed by atoms with Crippen LogP contribution in [0.25, 0.3) is 0 Å². The number of piperazine rings is 1. The van der Waals surface area contributed by atoms with Gasteiger partial charge in [-0.2, -0.15) is 0 Å². The second kappa shape index (κ2) is 6.28. The van der Waals surface area contributed by atoms with Crippen molar-refractivity contribution in [3.8, 4) is 0 Å². The number of nitrogens with zero attached hydrogens (tertiary/aromatic N) is 4. The lowest BCUT2D eigenvalue weighted by Gasteiger charge is -2.37. The summed E-state index contributed by atoms with van der Waals surface area (Å²) in [6.45, 7) is 3.75. The van der Waals surface area contributed by atoms with E-state index in [1.54, 1.807) is 0 Å². The molecule has 0 bridgehead atoms. The Morgan fingerprint density at radius 3 is 2.33 bits per heavy atom. The summed E-state index contributed by atoms with van der Waals surface area (Å²) in [6.07, 6.45) is 1.53. The molecule has 0 atom stereocenters. The number of benzene rings is 1. The van der Waals surface area contributed by atoms with E-state index < -0.39 is 0 Å². The Morgan fingerprint density at radius 1 is 1.00 bits per heavy atom. The van der Waals surface area contributed by atoms with Crippen molar-refractivity contribution in [1.29, 1.82) is 0 Å². The van der Waals surface area contributed by atoms with Gasteiger partial charge in [0.1, 0.15) is 16.6 Å². The predicted molar refractivity (Wildman–Crippen MR) is 88.4 cm³/mol. The van der Waals surface area contributed by atoms with Crippen LogP contribution in [0.5, 0.6) is 0 Å². The number of hydrogen-bond acceptors (Lipinski definition) is 6. The minimum atomic E-state index is 0.602. The smallest absolute Gasteiger partial charge is 0.159 e. The van der Waals surface area contributed by atoms with Crippen LogP contribution < -0.4 is 21.1 Å². The van der Waals surface area contributed by atoms with Crippen LogP contribution >= 0.6 is 15.9 Å². The molecule has 21 heavy (non-hydrogen) atoms. The van der Waals surface area contributed by atoms with Crippen LogP contribution in [-0.2, 0) is 0 Å². The minimum absolute atomic E-state index is 0.602. The maximum atomic E-state index is 5.45. The Hall–Kier alpha value is -1.86. The third kappa shape index (κ3) is 2.93. The van der Waals surface area contributed by atoms with Crippen LogP contribution in [0.1, 0.15) is 0 Å². The number of nitrogen functional groups attached to an aromatic ring is 1.